The van der Waals surface area contributed by atoms with Gasteiger partial charge < -0.3 is 0 Å². The minimum Gasteiger partial charge on any atom is -0.207 e. The van der Waals surface area contributed by atoms with Gasteiger partial charge in [0.25, 0.3) is 0 Å². The van der Waals surface area contributed by atoms with Gasteiger partial charge in [-0.15, -0.1) is 0 Å². The van der Waals surface area contributed by atoms with Gasteiger partial charge in [0, 0.05) is 17.6 Å². The molecule has 0 bridgehead atoms. The van der Waals surface area contributed by atoms with Crippen LogP contribution in [0.15, 0.2) is 33.6 Å². The first-order chi connectivity index (χ1) is 7.51. The number of rotatable bonds is 3. The largest absolute Gasteiger partial charge is 0.243 e. The molecule has 0 saturated heterocycles. The zero-order valence-electron chi connectivity index (χ0n) is 9.06. The van der Waals surface area contributed by atoms with Crippen LogP contribution in [0.2, 0.25) is 0 Å². The predicted molar refractivity (Wildman–Crippen MR) is 66.7 cm³/mol. The molecule has 0 N–H and O–H groups in total. The van der Waals surface area contributed by atoms with Crippen LogP contribution in [0.5, 0.6) is 0 Å². The van der Waals surface area contributed by atoms with E-state index in [1.807, 2.05) is 0 Å². The third-order valence-corrected chi connectivity index (χ3v) is 5.53. The molecule has 1 aromatic rings. The molecule has 1 aliphatic rings. The molecule has 88 valence electrons. The highest BCUT2D eigenvalue weighted by molar-refractivity contribution is 9.10. The first kappa shape index (κ1) is 12.1. The van der Waals surface area contributed by atoms with Crippen LogP contribution in [0.4, 0.5) is 0 Å². The molecule has 0 amide bonds. The molecule has 16 heavy (non-hydrogen) atoms. The van der Waals surface area contributed by atoms with E-state index in [1.165, 1.54) is 4.31 Å². The van der Waals surface area contributed by atoms with E-state index in [4.69, 9.17) is 0 Å². The fourth-order valence-corrected chi connectivity index (χ4v) is 3.40. The summed E-state index contributed by atoms with van der Waals surface area (Å²) < 4.78 is 26.8. The Morgan fingerprint density at radius 2 is 1.81 bits per heavy atom. The van der Waals surface area contributed by atoms with Crippen molar-refractivity contribution < 1.29 is 8.42 Å². The number of hydrogen-bond donors (Lipinski definition) is 0. The normalized spacial score (nSPS) is 17.4. The zero-order valence-corrected chi connectivity index (χ0v) is 11.5. The third kappa shape index (κ3) is 2.17. The lowest BCUT2D eigenvalue weighted by Gasteiger charge is -2.33. The van der Waals surface area contributed by atoms with Gasteiger partial charge >= 0.3 is 0 Å². The molecular weight excluding hydrogens is 290 g/mol. The van der Waals surface area contributed by atoms with E-state index in [2.05, 4.69) is 15.9 Å². The maximum absolute atomic E-state index is 12.2. The lowest BCUT2D eigenvalue weighted by Crippen LogP contribution is -2.41. The average molecular weight is 304 g/mol. The highest BCUT2D eigenvalue weighted by atomic mass is 79.9. The fraction of sp³-hybridized carbons (Fsp3) is 0.455. The Morgan fingerprint density at radius 3 is 2.25 bits per heavy atom. The monoisotopic (exact) mass is 303 g/mol. The van der Waals surface area contributed by atoms with Gasteiger partial charge in [0.15, 0.2) is 0 Å². The van der Waals surface area contributed by atoms with Gasteiger partial charge in [-0.1, -0.05) is 22.4 Å². The summed E-state index contributed by atoms with van der Waals surface area (Å²) in [7, 11) is -1.64. The second-order valence-electron chi connectivity index (χ2n) is 4.06. The van der Waals surface area contributed by atoms with Crippen LogP contribution in [-0.2, 0) is 10.0 Å². The molecule has 0 spiro atoms. The van der Waals surface area contributed by atoms with Crippen LogP contribution in [0, 0.1) is 0 Å². The standard InChI is InChI=1S/C11H14BrNO2S/c1-13(10-3-2-4-10)16(14,15)11-7-5-9(12)6-8-11/h5-8,10H,2-4H2,1H3. The number of benzene rings is 1. The first-order valence-electron chi connectivity index (χ1n) is 5.25. The van der Waals surface area contributed by atoms with Gasteiger partial charge in [0.2, 0.25) is 10.0 Å². The average Bonchev–Trinajstić information content (AvgIpc) is 2.15. The van der Waals surface area contributed by atoms with Crippen LogP contribution in [0.25, 0.3) is 0 Å². The summed E-state index contributed by atoms with van der Waals surface area (Å²) in [6.45, 7) is 0. The molecule has 5 heteroatoms. The Morgan fingerprint density at radius 1 is 1.25 bits per heavy atom. The lowest BCUT2D eigenvalue weighted by molar-refractivity contribution is 0.249. The molecule has 1 saturated carbocycles. The van der Waals surface area contributed by atoms with Crippen molar-refractivity contribution >= 4 is 26.0 Å². The highest BCUT2D eigenvalue weighted by Gasteiger charge is 2.31. The first-order valence-corrected chi connectivity index (χ1v) is 7.49. The number of hydrogen-bond acceptors (Lipinski definition) is 2. The van der Waals surface area contributed by atoms with Gasteiger partial charge in [-0.25, -0.2) is 8.42 Å². The molecule has 0 heterocycles. The van der Waals surface area contributed by atoms with Gasteiger partial charge in [0.05, 0.1) is 4.90 Å². The Bertz CT molecular complexity index is 465. The number of sulfonamides is 1. The molecule has 0 radical (unpaired) electrons. The van der Waals surface area contributed by atoms with Crippen molar-refractivity contribution in [1.82, 2.24) is 4.31 Å². The summed E-state index contributed by atoms with van der Waals surface area (Å²) in [4.78, 5) is 0.366. The molecular formula is C11H14BrNO2S. The summed E-state index contributed by atoms with van der Waals surface area (Å²) in [5, 5.41) is 0. The van der Waals surface area contributed by atoms with Crippen molar-refractivity contribution in [3.63, 3.8) is 0 Å². The molecule has 0 aliphatic heterocycles. The number of nitrogens with zero attached hydrogens (tertiary/aromatic N) is 1. The van der Waals surface area contributed by atoms with Gasteiger partial charge in [0.1, 0.15) is 0 Å². The van der Waals surface area contributed by atoms with E-state index in [0.717, 1.165) is 23.7 Å². The maximum atomic E-state index is 12.2. The van der Waals surface area contributed by atoms with Crippen LogP contribution in [0.1, 0.15) is 19.3 Å². The quantitative estimate of drug-likeness (QED) is 0.861. The zero-order chi connectivity index (χ0) is 11.8. The van der Waals surface area contributed by atoms with Crippen molar-refractivity contribution in [2.75, 3.05) is 7.05 Å². The maximum Gasteiger partial charge on any atom is 0.243 e. The van der Waals surface area contributed by atoms with Crippen molar-refractivity contribution in [3.05, 3.63) is 28.7 Å². The van der Waals surface area contributed by atoms with Crippen molar-refractivity contribution in [3.8, 4) is 0 Å². The van der Waals surface area contributed by atoms with E-state index in [0.29, 0.717) is 4.90 Å². The van der Waals surface area contributed by atoms with Crippen molar-refractivity contribution in [2.45, 2.75) is 30.2 Å². The lowest BCUT2D eigenvalue weighted by atomic mass is 9.94. The summed E-state index contributed by atoms with van der Waals surface area (Å²) in [5.41, 5.74) is 0. The summed E-state index contributed by atoms with van der Waals surface area (Å²) in [6.07, 6.45) is 3.09. The molecule has 1 fully saturated rings. The fourth-order valence-electron chi connectivity index (χ4n) is 1.72. The van der Waals surface area contributed by atoms with Crippen LogP contribution in [-0.4, -0.2) is 25.8 Å². The Balaban J connectivity index is 2.27. The number of halogens is 1. The second-order valence-corrected chi connectivity index (χ2v) is 6.97. The van der Waals surface area contributed by atoms with E-state index >= 15 is 0 Å². The second kappa shape index (κ2) is 4.47. The SMILES string of the molecule is CN(C1CCC1)S(=O)(=O)c1ccc(Br)cc1. The van der Waals surface area contributed by atoms with E-state index < -0.39 is 10.0 Å². The molecule has 2 rings (SSSR count). The van der Waals surface area contributed by atoms with E-state index in [1.54, 1.807) is 31.3 Å². The predicted octanol–water partition coefficient (Wildman–Crippen LogP) is 2.62. The summed E-state index contributed by atoms with van der Waals surface area (Å²) in [6, 6.07) is 6.96. The van der Waals surface area contributed by atoms with Crippen molar-refractivity contribution in [2.24, 2.45) is 0 Å². The molecule has 0 atom stereocenters. The molecule has 1 aromatic carbocycles. The van der Waals surface area contributed by atoms with Crippen LogP contribution >= 0.6 is 15.9 Å². The summed E-state index contributed by atoms with van der Waals surface area (Å²) in [5.74, 6) is 0. The molecule has 1 aliphatic carbocycles. The molecule has 0 aromatic heterocycles. The van der Waals surface area contributed by atoms with Crippen molar-refractivity contribution in [1.29, 1.82) is 0 Å². The smallest absolute Gasteiger partial charge is 0.207 e. The van der Waals surface area contributed by atoms with Crippen LogP contribution in [0.3, 0.4) is 0 Å². The topological polar surface area (TPSA) is 37.4 Å². The Hall–Kier alpha value is -0.390. The van der Waals surface area contributed by atoms with E-state index in [-0.39, 0.29) is 6.04 Å². The van der Waals surface area contributed by atoms with Gasteiger partial charge in [-0.05, 0) is 37.1 Å². The van der Waals surface area contributed by atoms with Crippen LogP contribution < -0.4 is 0 Å². The highest BCUT2D eigenvalue weighted by Crippen LogP contribution is 2.28. The van der Waals surface area contributed by atoms with E-state index in [9.17, 15) is 8.42 Å². The van der Waals surface area contributed by atoms with Gasteiger partial charge in [-0.2, -0.15) is 4.31 Å². The Kier molecular flexibility index (Phi) is 3.37. The molecule has 3 nitrogen and oxygen atoms in total. The third-order valence-electron chi connectivity index (χ3n) is 3.08. The Labute approximate surface area is 105 Å². The molecule has 0 unspecified atom stereocenters. The summed E-state index contributed by atoms with van der Waals surface area (Å²) >= 11 is 3.29. The van der Waals surface area contributed by atoms with Gasteiger partial charge in [-0.3, -0.25) is 0 Å². The minimum atomic E-state index is -3.30. The minimum absolute atomic E-state index is 0.189.